The topological polar surface area (TPSA) is 69.8 Å². The van der Waals surface area contributed by atoms with E-state index in [9.17, 15) is 4.79 Å². The Balaban J connectivity index is 0.00000128. The van der Waals surface area contributed by atoms with Crippen molar-refractivity contribution in [2.45, 2.75) is 54.7 Å². The molecular formula is C22H26Cl2N4OS. The number of thioether (sulfide) groups is 1. The smallest absolute Gasteiger partial charge is 0.251 e. The number of halogens is 2. The first kappa shape index (κ1) is 22.9. The molecule has 2 aliphatic heterocycles. The number of aromatic nitrogens is 2. The van der Waals surface area contributed by atoms with Crippen LogP contribution in [0.25, 0.3) is 11.0 Å². The van der Waals surface area contributed by atoms with Crippen LogP contribution in [0.4, 0.5) is 0 Å². The molecule has 2 aromatic carbocycles. The summed E-state index contributed by atoms with van der Waals surface area (Å²) in [7, 11) is 0. The van der Waals surface area contributed by atoms with Gasteiger partial charge in [0.2, 0.25) is 0 Å². The second-order valence-electron chi connectivity index (χ2n) is 7.78. The van der Waals surface area contributed by atoms with Crippen LogP contribution < -0.4 is 10.6 Å². The van der Waals surface area contributed by atoms with Gasteiger partial charge in [0, 0.05) is 29.4 Å². The first-order valence-electron chi connectivity index (χ1n) is 9.97. The Morgan fingerprint density at radius 1 is 1.03 bits per heavy atom. The predicted molar refractivity (Wildman–Crippen MR) is 127 cm³/mol. The maximum Gasteiger partial charge on any atom is 0.251 e. The standard InChI is InChI=1S/C22H24N4OS.2ClH/c27-21(24-17-11-15-9-10-16(12-17)23-15)18-6-2-1-5-14(18)13-28-22-25-19-7-3-4-8-20(19)26-22;;/h1-8,15-17,23H,9-13H2,(H,24,27)(H,25,26);2*1H. The second kappa shape index (κ2) is 10.1. The van der Waals surface area contributed by atoms with E-state index < -0.39 is 0 Å². The van der Waals surface area contributed by atoms with Crippen LogP contribution in [0.1, 0.15) is 41.6 Å². The van der Waals surface area contributed by atoms with Crippen molar-refractivity contribution < 1.29 is 4.79 Å². The maximum atomic E-state index is 13.0. The molecule has 3 heterocycles. The SMILES string of the molecule is Cl.Cl.O=C(NC1CC2CCC(C1)N2)c1ccccc1CSc1nc2ccccc2[nH]1. The lowest BCUT2D eigenvalue weighted by Crippen LogP contribution is -2.48. The number of amides is 1. The molecule has 3 N–H and O–H groups in total. The summed E-state index contributed by atoms with van der Waals surface area (Å²) >= 11 is 1.63. The molecule has 5 nitrogen and oxygen atoms in total. The monoisotopic (exact) mass is 464 g/mol. The van der Waals surface area contributed by atoms with Crippen LogP contribution in [0.2, 0.25) is 0 Å². The van der Waals surface area contributed by atoms with Gasteiger partial charge in [0.05, 0.1) is 11.0 Å². The van der Waals surface area contributed by atoms with E-state index in [2.05, 4.69) is 20.6 Å². The molecule has 3 aromatic rings. The van der Waals surface area contributed by atoms with Crippen molar-refractivity contribution in [1.29, 1.82) is 0 Å². The van der Waals surface area contributed by atoms with Gasteiger partial charge in [0.25, 0.3) is 5.91 Å². The van der Waals surface area contributed by atoms with Crippen molar-refractivity contribution in [3.05, 3.63) is 59.7 Å². The Hall–Kier alpha value is -1.73. The number of hydrogen-bond acceptors (Lipinski definition) is 4. The zero-order valence-corrected chi connectivity index (χ0v) is 18.9. The fourth-order valence-corrected chi connectivity index (χ4v) is 5.34. The molecule has 2 fully saturated rings. The number of fused-ring (bicyclic) bond motifs is 3. The molecule has 2 aliphatic rings. The molecular weight excluding hydrogens is 439 g/mol. The summed E-state index contributed by atoms with van der Waals surface area (Å²) in [6.45, 7) is 0. The molecule has 8 heteroatoms. The van der Waals surface area contributed by atoms with E-state index in [1.807, 2.05) is 48.5 Å². The molecule has 0 radical (unpaired) electrons. The third-order valence-corrected chi connectivity index (χ3v) is 6.72. The van der Waals surface area contributed by atoms with Crippen molar-refractivity contribution in [2.24, 2.45) is 0 Å². The summed E-state index contributed by atoms with van der Waals surface area (Å²) < 4.78 is 0. The minimum absolute atomic E-state index is 0. The summed E-state index contributed by atoms with van der Waals surface area (Å²) in [5, 5.41) is 7.79. The highest BCUT2D eigenvalue weighted by Crippen LogP contribution is 2.28. The molecule has 2 unspecified atom stereocenters. The van der Waals surface area contributed by atoms with E-state index in [0.29, 0.717) is 17.8 Å². The van der Waals surface area contributed by atoms with E-state index >= 15 is 0 Å². The normalized spacial score (nSPS) is 22.2. The summed E-state index contributed by atoms with van der Waals surface area (Å²) in [4.78, 5) is 20.9. The predicted octanol–water partition coefficient (Wildman–Crippen LogP) is 4.71. The average Bonchev–Trinajstić information content (AvgIpc) is 3.28. The lowest BCUT2D eigenvalue weighted by Gasteiger charge is -2.29. The number of imidazole rings is 1. The molecule has 160 valence electrons. The van der Waals surface area contributed by atoms with Crippen LogP contribution in [0.3, 0.4) is 0 Å². The summed E-state index contributed by atoms with van der Waals surface area (Å²) in [6.07, 6.45) is 4.56. The lowest BCUT2D eigenvalue weighted by molar-refractivity contribution is 0.0923. The lowest BCUT2D eigenvalue weighted by atomic mass is 9.99. The Bertz CT molecular complexity index is 966. The number of piperidine rings is 1. The van der Waals surface area contributed by atoms with Gasteiger partial charge >= 0.3 is 0 Å². The second-order valence-corrected chi connectivity index (χ2v) is 8.75. The molecule has 30 heavy (non-hydrogen) atoms. The number of nitrogens with zero attached hydrogens (tertiary/aromatic N) is 1. The van der Waals surface area contributed by atoms with Crippen LogP contribution in [0, 0.1) is 0 Å². The third-order valence-electron chi connectivity index (χ3n) is 5.80. The number of benzene rings is 2. The molecule has 2 saturated heterocycles. The fourth-order valence-electron chi connectivity index (χ4n) is 4.45. The molecule has 2 bridgehead atoms. The van der Waals surface area contributed by atoms with E-state index in [1.54, 1.807) is 11.8 Å². The Labute approximate surface area is 193 Å². The van der Waals surface area contributed by atoms with E-state index in [-0.39, 0.29) is 36.8 Å². The Morgan fingerprint density at radius 2 is 1.73 bits per heavy atom. The van der Waals surface area contributed by atoms with Gasteiger partial charge in [-0.3, -0.25) is 4.79 Å². The van der Waals surface area contributed by atoms with Crippen LogP contribution in [0.5, 0.6) is 0 Å². The minimum Gasteiger partial charge on any atom is -0.349 e. The molecule has 1 amide bonds. The number of aromatic amines is 1. The summed E-state index contributed by atoms with van der Waals surface area (Å²) in [6, 6.07) is 17.4. The molecule has 0 saturated carbocycles. The van der Waals surface area contributed by atoms with Crippen LogP contribution >= 0.6 is 36.6 Å². The summed E-state index contributed by atoms with van der Waals surface area (Å²) in [5.74, 6) is 0.757. The molecule has 5 rings (SSSR count). The van der Waals surface area contributed by atoms with Gasteiger partial charge in [-0.1, -0.05) is 42.1 Å². The van der Waals surface area contributed by atoms with Gasteiger partial charge in [0.15, 0.2) is 5.16 Å². The minimum atomic E-state index is 0. The number of carbonyl (C=O) groups excluding carboxylic acids is 1. The van der Waals surface area contributed by atoms with Crippen molar-refractivity contribution in [3.8, 4) is 0 Å². The largest absolute Gasteiger partial charge is 0.349 e. The number of carbonyl (C=O) groups is 1. The van der Waals surface area contributed by atoms with E-state index in [1.165, 1.54) is 12.8 Å². The maximum absolute atomic E-state index is 13.0. The van der Waals surface area contributed by atoms with Crippen LogP contribution in [0.15, 0.2) is 53.7 Å². The molecule has 0 aliphatic carbocycles. The van der Waals surface area contributed by atoms with Crippen molar-refractivity contribution in [1.82, 2.24) is 20.6 Å². The average molecular weight is 465 g/mol. The number of H-pyrrole nitrogens is 1. The Kier molecular flexibility index (Phi) is 7.69. The van der Waals surface area contributed by atoms with Crippen molar-refractivity contribution in [3.63, 3.8) is 0 Å². The third kappa shape index (κ3) is 4.94. The Morgan fingerprint density at radius 3 is 2.50 bits per heavy atom. The first-order chi connectivity index (χ1) is 13.7. The molecule has 1 aromatic heterocycles. The highest BCUT2D eigenvalue weighted by atomic mass is 35.5. The number of nitrogens with one attached hydrogen (secondary N) is 3. The molecule has 2 atom stereocenters. The van der Waals surface area contributed by atoms with Gasteiger partial charge in [-0.2, -0.15) is 0 Å². The first-order valence-corrected chi connectivity index (χ1v) is 11.0. The van der Waals surface area contributed by atoms with Crippen LogP contribution in [-0.4, -0.2) is 34.0 Å². The van der Waals surface area contributed by atoms with Crippen molar-refractivity contribution in [2.75, 3.05) is 0 Å². The quantitative estimate of drug-likeness (QED) is 0.478. The fraction of sp³-hybridized carbons (Fsp3) is 0.364. The van der Waals surface area contributed by atoms with Gasteiger partial charge in [-0.15, -0.1) is 24.8 Å². The highest BCUT2D eigenvalue weighted by molar-refractivity contribution is 7.98. The zero-order chi connectivity index (χ0) is 18.9. The van der Waals surface area contributed by atoms with E-state index in [0.717, 1.165) is 40.2 Å². The summed E-state index contributed by atoms with van der Waals surface area (Å²) in [5.41, 5.74) is 3.83. The van der Waals surface area contributed by atoms with Crippen molar-refractivity contribution >= 4 is 53.5 Å². The highest BCUT2D eigenvalue weighted by Gasteiger charge is 2.34. The van der Waals surface area contributed by atoms with E-state index in [4.69, 9.17) is 0 Å². The van der Waals surface area contributed by atoms with Gasteiger partial charge in [-0.25, -0.2) is 4.98 Å². The number of rotatable bonds is 5. The number of para-hydroxylation sites is 2. The van der Waals surface area contributed by atoms with Gasteiger partial charge in [0.1, 0.15) is 0 Å². The molecule has 0 spiro atoms. The van der Waals surface area contributed by atoms with Gasteiger partial charge < -0.3 is 15.6 Å². The van der Waals surface area contributed by atoms with Crippen LogP contribution in [-0.2, 0) is 5.75 Å². The zero-order valence-electron chi connectivity index (χ0n) is 16.5. The number of hydrogen-bond donors (Lipinski definition) is 3. The van der Waals surface area contributed by atoms with Gasteiger partial charge in [-0.05, 0) is 49.4 Å².